The summed E-state index contributed by atoms with van der Waals surface area (Å²) in [6.07, 6.45) is 11.9. The maximum atomic E-state index is 6.24. The van der Waals surface area contributed by atoms with E-state index >= 15 is 0 Å². The topological polar surface area (TPSA) is 59.2 Å². The van der Waals surface area contributed by atoms with Gasteiger partial charge in [-0.25, -0.2) is 4.98 Å². The monoisotopic (exact) mass is 786 g/mol. The van der Waals surface area contributed by atoms with Gasteiger partial charge in [0.15, 0.2) is 0 Å². The smallest absolute Gasteiger partial charge is 0.147 e. The molecule has 61 heavy (non-hydrogen) atoms. The molecule has 4 aromatic heterocycles. The Hall–Kier alpha value is -7.70. The molecule has 6 nitrogen and oxygen atoms in total. The molecule has 0 bridgehead atoms. The van der Waals surface area contributed by atoms with Crippen LogP contribution in [0.1, 0.15) is 30.6 Å². The summed E-state index contributed by atoms with van der Waals surface area (Å²) in [4.78, 5) is 13.2. The predicted octanol–water partition coefficient (Wildman–Crippen LogP) is 14.2. The van der Waals surface area contributed by atoms with E-state index < -0.39 is 0 Å². The minimum atomic E-state index is -0.251. The van der Waals surface area contributed by atoms with Gasteiger partial charge in [0.05, 0.1) is 16.7 Å². The van der Waals surface area contributed by atoms with Crippen molar-refractivity contribution in [3.8, 4) is 11.1 Å². The van der Waals surface area contributed by atoms with Crippen LogP contribution in [0.15, 0.2) is 189 Å². The Bertz CT molecular complexity index is 3800. The number of rotatable bonds is 4. The Balaban J connectivity index is 0.965. The van der Waals surface area contributed by atoms with Crippen molar-refractivity contribution in [2.24, 2.45) is 10.9 Å². The Kier molecular flexibility index (Phi) is 7.23. The zero-order valence-electron chi connectivity index (χ0n) is 33.6. The van der Waals surface area contributed by atoms with Gasteiger partial charge in [-0.05, 0) is 118 Å². The number of aromatic nitrogens is 2. The molecular weight excluding hydrogens is 749 g/mol. The second-order valence-corrected chi connectivity index (χ2v) is 16.6. The zero-order chi connectivity index (χ0) is 40.3. The summed E-state index contributed by atoms with van der Waals surface area (Å²) in [6, 6.07) is 49.6. The minimum Gasteiger partial charge on any atom is -0.456 e. The van der Waals surface area contributed by atoms with Crippen LogP contribution in [0.3, 0.4) is 0 Å². The highest BCUT2D eigenvalue weighted by molar-refractivity contribution is 6.24. The highest BCUT2D eigenvalue weighted by atomic mass is 16.3. The number of benzene rings is 7. The molecule has 7 aromatic carbocycles. The van der Waals surface area contributed by atoms with E-state index in [9.17, 15) is 0 Å². The van der Waals surface area contributed by atoms with Gasteiger partial charge in [0, 0.05) is 51.3 Å². The molecule has 2 unspecified atom stereocenters. The third-order valence-corrected chi connectivity index (χ3v) is 13.1. The summed E-state index contributed by atoms with van der Waals surface area (Å²) in [5.41, 5.74) is 14.5. The van der Waals surface area contributed by atoms with Gasteiger partial charge in [0.25, 0.3) is 0 Å². The molecule has 2 aliphatic rings. The van der Waals surface area contributed by atoms with Crippen molar-refractivity contribution < 1.29 is 8.83 Å². The maximum absolute atomic E-state index is 6.24. The lowest BCUT2D eigenvalue weighted by Gasteiger charge is -2.35. The molecule has 0 saturated carbocycles. The molecule has 0 radical (unpaired) electrons. The van der Waals surface area contributed by atoms with Crippen molar-refractivity contribution in [2.45, 2.75) is 19.5 Å². The first kappa shape index (κ1) is 34.2. The van der Waals surface area contributed by atoms with Gasteiger partial charge >= 0.3 is 0 Å². The number of para-hydroxylation sites is 2. The number of hydrogen-bond donors (Lipinski definition) is 0. The molecule has 11 aromatic rings. The first-order valence-electron chi connectivity index (χ1n) is 21.0. The molecule has 6 heteroatoms. The summed E-state index contributed by atoms with van der Waals surface area (Å²) >= 11 is 0. The molecule has 0 amide bonds. The quantitative estimate of drug-likeness (QED) is 0.167. The van der Waals surface area contributed by atoms with Gasteiger partial charge in [-0.3, -0.25) is 9.39 Å². The number of aliphatic imine (C=N–C) groups is 1. The largest absolute Gasteiger partial charge is 0.456 e. The van der Waals surface area contributed by atoms with Crippen LogP contribution >= 0.6 is 0 Å². The molecule has 1 aliphatic heterocycles. The van der Waals surface area contributed by atoms with Gasteiger partial charge in [-0.15, -0.1) is 0 Å². The Morgan fingerprint density at radius 1 is 0.590 bits per heavy atom. The molecule has 0 N–H and O–H groups in total. The Morgan fingerprint density at radius 3 is 2.00 bits per heavy atom. The number of furan rings is 2. The van der Waals surface area contributed by atoms with Gasteiger partial charge in [-0.2, -0.15) is 0 Å². The van der Waals surface area contributed by atoms with Crippen molar-refractivity contribution in [3.05, 3.63) is 187 Å². The molecule has 1 aliphatic carbocycles. The van der Waals surface area contributed by atoms with Crippen LogP contribution in [0, 0.1) is 5.92 Å². The van der Waals surface area contributed by atoms with E-state index in [-0.39, 0.29) is 6.17 Å². The predicted molar refractivity (Wildman–Crippen MR) is 251 cm³/mol. The van der Waals surface area contributed by atoms with Crippen molar-refractivity contribution in [1.82, 2.24) is 14.3 Å². The van der Waals surface area contributed by atoms with Crippen LogP contribution in [0.2, 0.25) is 0 Å². The highest BCUT2D eigenvalue weighted by Crippen LogP contribution is 2.42. The summed E-state index contributed by atoms with van der Waals surface area (Å²) in [6.45, 7) is 2.30. The first-order chi connectivity index (χ1) is 30.0. The molecule has 290 valence electrons. The summed E-state index contributed by atoms with van der Waals surface area (Å²) in [5, 5.41) is 9.14. The van der Waals surface area contributed by atoms with E-state index in [0.29, 0.717) is 5.92 Å². The van der Waals surface area contributed by atoms with Crippen molar-refractivity contribution in [1.29, 1.82) is 0 Å². The first-order valence-corrected chi connectivity index (χ1v) is 21.0. The van der Waals surface area contributed by atoms with Crippen molar-refractivity contribution in [2.75, 3.05) is 7.05 Å². The van der Waals surface area contributed by atoms with Gasteiger partial charge in [0.1, 0.15) is 34.1 Å². The molecule has 13 rings (SSSR count). The number of hydrogen-bond acceptors (Lipinski definition) is 5. The van der Waals surface area contributed by atoms with Gasteiger partial charge in [0.2, 0.25) is 0 Å². The highest BCUT2D eigenvalue weighted by Gasteiger charge is 2.29. The number of pyridine rings is 1. The lowest BCUT2D eigenvalue weighted by molar-refractivity contribution is 0.364. The molecular formula is C55H38N4O2. The van der Waals surface area contributed by atoms with Crippen LogP contribution in [0.5, 0.6) is 0 Å². The standard InChI is InChI=1S/C55H38N4O2/c1-32-11-3-4-12-37(32)46-31-47(35-21-24-51-45(28-35)40-15-8-10-18-49(40)61-51)58(2)55(56-46)36-19-22-42-43(29-36)38-13-5-6-16-41(38)53-54(42)59-26-25-34(30-52(59)57-53)33-20-23-50-44(27-33)39-14-7-9-17-48(39)60-50/h3-10,12-32,55H,11H2,1-2H3. The lowest BCUT2D eigenvalue weighted by atomic mass is 9.88. The average Bonchev–Trinajstić information content (AvgIpc) is 4.00. The van der Waals surface area contributed by atoms with E-state index in [1.54, 1.807) is 0 Å². The van der Waals surface area contributed by atoms with E-state index in [4.69, 9.17) is 18.8 Å². The van der Waals surface area contributed by atoms with Crippen molar-refractivity contribution >= 4 is 93.5 Å². The fraction of sp³-hybridized carbons (Fsp3) is 0.0909. The fourth-order valence-electron chi connectivity index (χ4n) is 9.98. The van der Waals surface area contributed by atoms with E-state index in [0.717, 1.165) is 111 Å². The van der Waals surface area contributed by atoms with Crippen LogP contribution in [0.25, 0.3) is 98.9 Å². The summed E-state index contributed by atoms with van der Waals surface area (Å²) < 4.78 is 14.6. The Morgan fingerprint density at radius 2 is 1.25 bits per heavy atom. The molecule has 0 fully saturated rings. The molecule has 0 spiro atoms. The van der Waals surface area contributed by atoms with Gasteiger partial charge in [-0.1, -0.05) is 104 Å². The average molecular weight is 787 g/mol. The van der Waals surface area contributed by atoms with Crippen LogP contribution in [-0.4, -0.2) is 27.0 Å². The van der Waals surface area contributed by atoms with Crippen LogP contribution in [0.4, 0.5) is 0 Å². The van der Waals surface area contributed by atoms with Gasteiger partial charge < -0.3 is 13.7 Å². The Labute approximate surface area is 350 Å². The SMILES string of the molecule is CC1CC=CC=C1C1=NC(c2ccc3c(c2)c2ccccc2c2nc4cc(-c5ccc6oc7ccccc7c6c5)ccn4c32)N(C)C(c2ccc3oc4ccccc4c3c2)=C1. The van der Waals surface area contributed by atoms with Crippen molar-refractivity contribution in [3.63, 3.8) is 0 Å². The fourth-order valence-corrected chi connectivity index (χ4v) is 9.98. The maximum Gasteiger partial charge on any atom is 0.147 e. The number of allylic oxidation sites excluding steroid dienone is 5. The van der Waals surface area contributed by atoms with E-state index in [1.165, 1.54) is 16.3 Å². The summed E-state index contributed by atoms with van der Waals surface area (Å²) in [7, 11) is 2.17. The second-order valence-electron chi connectivity index (χ2n) is 16.6. The van der Waals surface area contributed by atoms with E-state index in [1.807, 2.05) is 24.3 Å². The molecule has 0 saturated heterocycles. The van der Waals surface area contributed by atoms with E-state index in [2.05, 4.69) is 169 Å². The van der Waals surface area contributed by atoms with Crippen LogP contribution < -0.4 is 0 Å². The number of fused-ring (bicyclic) bond motifs is 14. The molecule has 2 atom stereocenters. The molecule has 5 heterocycles. The normalized spacial score (nSPS) is 17.1. The third-order valence-electron chi connectivity index (χ3n) is 13.1. The zero-order valence-corrected chi connectivity index (χ0v) is 33.6. The minimum absolute atomic E-state index is 0.251. The number of imidazole rings is 1. The number of nitrogens with zero attached hydrogens (tertiary/aromatic N) is 4. The second kappa shape index (κ2) is 12.9. The third kappa shape index (κ3) is 5.15. The summed E-state index contributed by atoms with van der Waals surface area (Å²) in [5.74, 6) is 0.364. The van der Waals surface area contributed by atoms with Crippen LogP contribution in [-0.2, 0) is 0 Å². The lowest BCUT2D eigenvalue weighted by Crippen LogP contribution is -2.28.